The average Bonchev–Trinajstić information content (AvgIpc) is 2.25. The maximum absolute atomic E-state index is 13.5. The Kier molecular flexibility index (Phi) is 3.82. The van der Waals surface area contributed by atoms with Crippen LogP contribution in [0.15, 0.2) is 22.7 Å². The topological polar surface area (TPSA) is 32.3 Å². The normalized spacial score (nSPS) is 25.4. The first-order chi connectivity index (χ1) is 7.65. The molecule has 0 spiro atoms. The van der Waals surface area contributed by atoms with E-state index in [1.54, 1.807) is 6.07 Å². The highest BCUT2D eigenvalue weighted by Crippen LogP contribution is 2.25. The van der Waals surface area contributed by atoms with Crippen LogP contribution in [-0.4, -0.2) is 17.3 Å². The van der Waals surface area contributed by atoms with E-state index in [2.05, 4.69) is 21.2 Å². The Morgan fingerprint density at radius 1 is 1.25 bits per heavy atom. The molecule has 0 bridgehead atoms. The molecular weight excluding hydrogens is 273 g/mol. The standard InChI is InChI=1S/C12H15BrFNO/c13-8-1-6-12(11(14)7-8)15-9-2-4-10(16)5-3-9/h1,6-7,9-10,15-16H,2-5H2. The van der Waals surface area contributed by atoms with E-state index in [1.807, 2.05) is 6.07 Å². The fourth-order valence-corrected chi connectivity index (χ4v) is 2.38. The second-order valence-corrected chi connectivity index (χ2v) is 5.19. The Balaban J connectivity index is 1.98. The molecule has 2 nitrogen and oxygen atoms in total. The second-order valence-electron chi connectivity index (χ2n) is 4.27. The number of anilines is 1. The Morgan fingerprint density at radius 2 is 1.94 bits per heavy atom. The van der Waals surface area contributed by atoms with E-state index in [4.69, 9.17) is 0 Å². The van der Waals surface area contributed by atoms with Crippen LogP contribution < -0.4 is 5.32 Å². The fraction of sp³-hybridized carbons (Fsp3) is 0.500. The van der Waals surface area contributed by atoms with E-state index in [0.29, 0.717) is 5.69 Å². The van der Waals surface area contributed by atoms with E-state index >= 15 is 0 Å². The summed E-state index contributed by atoms with van der Waals surface area (Å²) in [6.07, 6.45) is 3.23. The molecule has 0 heterocycles. The SMILES string of the molecule is OC1CCC(Nc2ccc(Br)cc2F)CC1. The van der Waals surface area contributed by atoms with Crippen LogP contribution in [0.25, 0.3) is 0 Å². The van der Waals surface area contributed by atoms with Gasteiger partial charge in [-0.15, -0.1) is 0 Å². The van der Waals surface area contributed by atoms with Crippen LogP contribution >= 0.6 is 15.9 Å². The number of rotatable bonds is 2. The van der Waals surface area contributed by atoms with Crippen LogP contribution in [0.2, 0.25) is 0 Å². The monoisotopic (exact) mass is 287 g/mol. The Labute approximate surface area is 103 Å². The summed E-state index contributed by atoms with van der Waals surface area (Å²) in [5.41, 5.74) is 0.546. The van der Waals surface area contributed by atoms with Crippen LogP contribution in [-0.2, 0) is 0 Å². The highest BCUT2D eigenvalue weighted by atomic mass is 79.9. The minimum Gasteiger partial charge on any atom is -0.393 e. The molecule has 1 aliphatic rings. The zero-order chi connectivity index (χ0) is 11.5. The quantitative estimate of drug-likeness (QED) is 0.875. The molecule has 0 radical (unpaired) electrons. The summed E-state index contributed by atoms with van der Waals surface area (Å²) in [4.78, 5) is 0. The number of aliphatic hydroxyl groups is 1. The van der Waals surface area contributed by atoms with E-state index in [9.17, 15) is 9.50 Å². The lowest BCUT2D eigenvalue weighted by Crippen LogP contribution is -2.28. The van der Waals surface area contributed by atoms with Gasteiger partial charge in [0, 0.05) is 10.5 Å². The van der Waals surface area contributed by atoms with Crippen LogP contribution in [0.4, 0.5) is 10.1 Å². The van der Waals surface area contributed by atoms with Gasteiger partial charge < -0.3 is 10.4 Å². The van der Waals surface area contributed by atoms with E-state index in [1.165, 1.54) is 6.07 Å². The molecule has 4 heteroatoms. The van der Waals surface area contributed by atoms with Gasteiger partial charge in [-0.05, 0) is 43.9 Å². The largest absolute Gasteiger partial charge is 0.393 e. The third kappa shape index (κ3) is 2.95. The lowest BCUT2D eigenvalue weighted by atomic mass is 9.93. The molecule has 1 saturated carbocycles. The van der Waals surface area contributed by atoms with E-state index in [0.717, 1.165) is 30.2 Å². The molecule has 0 aliphatic heterocycles. The maximum Gasteiger partial charge on any atom is 0.147 e. The molecule has 88 valence electrons. The third-order valence-electron chi connectivity index (χ3n) is 2.99. The van der Waals surface area contributed by atoms with E-state index < -0.39 is 0 Å². The molecule has 1 aliphatic carbocycles. The zero-order valence-corrected chi connectivity index (χ0v) is 10.5. The van der Waals surface area contributed by atoms with Gasteiger partial charge in [-0.25, -0.2) is 4.39 Å². The van der Waals surface area contributed by atoms with Crippen LogP contribution in [0, 0.1) is 5.82 Å². The first-order valence-electron chi connectivity index (χ1n) is 5.55. The average molecular weight is 288 g/mol. The van der Waals surface area contributed by atoms with Crippen molar-refractivity contribution in [2.45, 2.75) is 37.8 Å². The highest BCUT2D eigenvalue weighted by molar-refractivity contribution is 9.10. The smallest absolute Gasteiger partial charge is 0.147 e. The lowest BCUT2D eigenvalue weighted by Gasteiger charge is -2.27. The first kappa shape index (κ1) is 11.9. The number of nitrogens with one attached hydrogen (secondary N) is 1. The Bertz CT molecular complexity index is 364. The lowest BCUT2D eigenvalue weighted by molar-refractivity contribution is 0.126. The molecule has 0 atom stereocenters. The van der Waals surface area contributed by atoms with Gasteiger partial charge >= 0.3 is 0 Å². The first-order valence-corrected chi connectivity index (χ1v) is 6.34. The number of hydrogen-bond donors (Lipinski definition) is 2. The summed E-state index contributed by atoms with van der Waals surface area (Å²) in [6, 6.07) is 5.30. The van der Waals surface area contributed by atoms with Crippen molar-refractivity contribution in [3.8, 4) is 0 Å². The molecule has 0 saturated heterocycles. The van der Waals surface area contributed by atoms with Gasteiger partial charge in [0.05, 0.1) is 11.8 Å². The van der Waals surface area contributed by atoms with Crippen LogP contribution in [0.5, 0.6) is 0 Å². The van der Waals surface area contributed by atoms with Gasteiger partial charge in [-0.3, -0.25) is 0 Å². The van der Waals surface area contributed by atoms with Gasteiger partial charge in [-0.2, -0.15) is 0 Å². The summed E-state index contributed by atoms with van der Waals surface area (Å²) in [7, 11) is 0. The summed E-state index contributed by atoms with van der Waals surface area (Å²) in [6.45, 7) is 0. The Morgan fingerprint density at radius 3 is 2.56 bits per heavy atom. The molecule has 16 heavy (non-hydrogen) atoms. The van der Waals surface area contributed by atoms with Crippen molar-refractivity contribution in [2.24, 2.45) is 0 Å². The van der Waals surface area contributed by atoms with Crippen molar-refractivity contribution < 1.29 is 9.50 Å². The molecule has 1 aromatic carbocycles. The van der Waals surface area contributed by atoms with Crippen molar-refractivity contribution in [2.75, 3.05) is 5.32 Å². The number of halogens is 2. The second kappa shape index (κ2) is 5.15. The molecular formula is C12H15BrFNO. The minimum absolute atomic E-state index is 0.173. The minimum atomic E-state index is -0.236. The molecule has 0 unspecified atom stereocenters. The number of aliphatic hydroxyl groups excluding tert-OH is 1. The van der Waals surface area contributed by atoms with Gasteiger partial charge in [0.15, 0.2) is 0 Å². The Hall–Kier alpha value is -0.610. The molecule has 1 fully saturated rings. The number of benzene rings is 1. The van der Waals surface area contributed by atoms with Gasteiger partial charge in [-0.1, -0.05) is 15.9 Å². The molecule has 2 N–H and O–H groups in total. The van der Waals surface area contributed by atoms with Crippen LogP contribution in [0.3, 0.4) is 0 Å². The zero-order valence-electron chi connectivity index (χ0n) is 8.92. The fourth-order valence-electron chi connectivity index (χ4n) is 2.05. The number of hydrogen-bond acceptors (Lipinski definition) is 2. The molecule has 0 amide bonds. The third-order valence-corrected chi connectivity index (χ3v) is 3.48. The van der Waals surface area contributed by atoms with Crippen molar-refractivity contribution in [1.82, 2.24) is 0 Å². The summed E-state index contributed by atoms with van der Waals surface area (Å²) >= 11 is 3.23. The highest BCUT2D eigenvalue weighted by Gasteiger charge is 2.19. The summed E-state index contributed by atoms with van der Waals surface area (Å²) in [5.74, 6) is -0.236. The predicted octanol–water partition coefficient (Wildman–Crippen LogP) is 3.30. The molecule has 0 aromatic heterocycles. The van der Waals surface area contributed by atoms with E-state index in [-0.39, 0.29) is 18.0 Å². The van der Waals surface area contributed by atoms with Gasteiger partial charge in [0.2, 0.25) is 0 Å². The van der Waals surface area contributed by atoms with Crippen molar-refractivity contribution in [3.05, 3.63) is 28.5 Å². The molecule has 2 rings (SSSR count). The van der Waals surface area contributed by atoms with Crippen LogP contribution in [0.1, 0.15) is 25.7 Å². The molecule has 1 aromatic rings. The van der Waals surface area contributed by atoms with Gasteiger partial charge in [0.1, 0.15) is 5.82 Å². The maximum atomic E-state index is 13.5. The van der Waals surface area contributed by atoms with Crippen molar-refractivity contribution in [3.63, 3.8) is 0 Å². The predicted molar refractivity (Wildman–Crippen MR) is 66.0 cm³/mol. The van der Waals surface area contributed by atoms with Crippen molar-refractivity contribution in [1.29, 1.82) is 0 Å². The summed E-state index contributed by atoms with van der Waals surface area (Å²) < 4.78 is 14.3. The summed E-state index contributed by atoms with van der Waals surface area (Å²) in [5, 5.41) is 12.6. The van der Waals surface area contributed by atoms with Gasteiger partial charge in [0.25, 0.3) is 0 Å². The van der Waals surface area contributed by atoms with Crippen molar-refractivity contribution >= 4 is 21.6 Å².